The molecular weight excluding hydrogens is 333 g/mol. The van der Waals surface area contributed by atoms with Crippen LogP contribution in [0.5, 0.6) is 11.5 Å². The maximum absolute atomic E-state index is 11.7. The van der Waals surface area contributed by atoms with Gasteiger partial charge in [0.1, 0.15) is 12.6 Å². The number of carboxylic acid groups (broad SMARTS) is 1. The number of hydrazine groups is 1. The fourth-order valence-corrected chi connectivity index (χ4v) is 2.05. The van der Waals surface area contributed by atoms with Crippen molar-refractivity contribution in [1.82, 2.24) is 10.7 Å². The highest BCUT2D eigenvalue weighted by atomic mass is 31.2. The number of phosphoric acid groups is 1. The van der Waals surface area contributed by atoms with Crippen LogP contribution in [0.2, 0.25) is 0 Å². The van der Waals surface area contributed by atoms with E-state index in [9.17, 15) is 19.3 Å². The maximum Gasteiger partial charge on any atom is 0.524 e. The normalized spacial score (nSPS) is 12.5. The number of nitrogens with two attached hydrogens (primary N) is 1. The van der Waals surface area contributed by atoms with Gasteiger partial charge < -0.3 is 20.1 Å². The fraction of sp³-hybridized carbons (Fsp3) is 0.273. The zero-order valence-corrected chi connectivity index (χ0v) is 12.6. The highest BCUT2D eigenvalue weighted by Crippen LogP contribution is 2.41. The van der Waals surface area contributed by atoms with Crippen molar-refractivity contribution in [1.29, 1.82) is 0 Å². The van der Waals surface area contributed by atoms with Crippen LogP contribution in [0.1, 0.15) is 5.56 Å². The lowest BCUT2D eigenvalue weighted by Gasteiger charge is -2.16. The quantitative estimate of drug-likeness (QED) is 0.164. The Kier molecular flexibility index (Phi) is 6.49. The predicted molar refractivity (Wildman–Crippen MR) is 76.2 cm³/mol. The molecule has 0 fully saturated rings. The Hall–Kier alpha value is -2.17. The number of hydrogen-bond donors (Lipinski definition) is 7. The molecule has 1 rings (SSSR count). The molecule has 0 spiro atoms. The first-order chi connectivity index (χ1) is 10.6. The summed E-state index contributed by atoms with van der Waals surface area (Å²) in [4.78, 5) is 39.5. The number of rotatable bonds is 8. The monoisotopic (exact) mass is 349 g/mol. The number of hydrogen-bond acceptors (Lipinski definition) is 7. The molecule has 0 aliphatic carbocycles. The first-order valence-corrected chi connectivity index (χ1v) is 7.68. The lowest BCUT2D eigenvalue weighted by atomic mass is 10.1. The number of aliphatic carboxylic acids is 1. The number of carboxylic acids is 1. The predicted octanol–water partition coefficient (Wildman–Crippen LogP) is -1.56. The number of phosphoric ester groups is 1. The summed E-state index contributed by atoms with van der Waals surface area (Å²) in [5.74, 6) is 2.40. The van der Waals surface area contributed by atoms with E-state index in [2.05, 4.69) is 15.3 Å². The lowest BCUT2D eigenvalue weighted by Crippen LogP contribution is -2.49. The molecule has 0 heterocycles. The molecule has 0 saturated heterocycles. The molecule has 1 aromatic rings. The minimum atomic E-state index is -4.81. The molecule has 0 radical (unpaired) electrons. The Bertz CT molecular complexity index is 632. The van der Waals surface area contributed by atoms with E-state index < -0.39 is 43.8 Å². The lowest BCUT2D eigenvalue weighted by molar-refractivity contribution is -0.138. The van der Waals surface area contributed by atoms with Crippen LogP contribution in [0.4, 0.5) is 0 Å². The zero-order chi connectivity index (χ0) is 17.6. The highest BCUT2D eigenvalue weighted by Gasteiger charge is 2.21. The summed E-state index contributed by atoms with van der Waals surface area (Å²) in [6.07, 6.45) is -0.00823. The van der Waals surface area contributed by atoms with Gasteiger partial charge in [0.2, 0.25) is 5.91 Å². The minimum Gasteiger partial charge on any atom is -0.504 e. The summed E-state index contributed by atoms with van der Waals surface area (Å²) in [6.45, 7) is -0.572. The Labute approximate surface area is 130 Å². The molecule has 0 aliphatic rings. The van der Waals surface area contributed by atoms with Crippen LogP contribution < -0.4 is 21.1 Å². The van der Waals surface area contributed by atoms with Crippen LogP contribution in [-0.4, -0.2) is 44.5 Å². The maximum atomic E-state index is 11.7. The van der Waals surface area contributed by atoms with Gasteiger partial charge in [-0.15, -0.1) is 0 Å². The van der Waals surface area contributed by atoms with Gasteiger partial charge in [-0.25, -0.2) is 9.99 Å². The van der Waals surface area contributed by atoms with Crippen LogP contribution in [0, 0.1) is 0 Å². The van der Waals surface area contributed by atoms with Crippen molar-refractivity contribution in [3.05, 3.63) is 23.8 Å². The number of carbonyl (C=O) groups is 2. The number of phenols is 1. The SMILES string of the molecule is NNC(Cc1ccc(OP(=O)(O)O)c(O)c1)C(=O)NCC(=O)O. The van der Waals surface area contributed by atoms with Crippen molar-refractivity contribution in [2.75, 3.05) is 6.54 Å². The average Bonchev–Trinajstić information content (AvgIpc) is 2.43. The molecule has 128 valence electrons. The van der Waals surface area contributed by atoms with Gasteiger partial charge >= 0.3 is 13.8 Å². The van der Waals surface area contributed by atoms with Gasteiger partial charge in [0, 0.05) is 0 Å². The molecule has 1 aromatic carbocycles. The van der Waals surface area contributed by atoms with Crippen LogP contribution in [0.15, 0.2) is 18.2 Å². The Morgan fingerprint density at radius 3 is 2.48 bits per heavy atom. The van der Waals surface area contributed by atoms with Gasteiger partial charge in [-0.1, -0.05) is 6.07 Å². The Balaban J connectivity index is 2.78. The van der Waals surface area contributed by atoms with Gasteiger partial charge in [-0.3, -0.25) is 25.2 Å². The van der Waals surface area contributed by atoms with Gasteiger partial charge in [-0.05, 0) is 24.1 Å². The van der Waals surface area contributed by atoms with Crippen molar-refractivity contribution in [3.63, 3.8) is 0 Å². The van der Waals surface area contributed by atoms with Crippen molar-refractivity contribution < 1.29 is 38.7 Å². The molecule has 1 unspecified atom stereocenters. The van der Waals surface area contributed by atoms with Gasteiger partial charge in [0.15, 0.2) is 11.5 Å². The van der Waals surface area contributed by atoms with E-state index in [1.54, 1.807) is 0 Å². The third-order valence-electron chi connectivity index (χ3n) is 2.61. The topological polar surface area (TPSA) is 191 Å². The summed E-state index contributed by atoms with van der Waals surface area (Å²) in [7, 11) is -4.81. The van der Waals surface area contributed by atoms with Gasteiger partial charge in [-0.2, -0.15) is 0 Å². The molecular formula is C11H16N3O8P. The molecule has 8 N–H and O–H groups in total. The first kappa shape index (κ1) is 18.9. The second kappa shape index (κ2) is 7.90. The average molecular weight is 349 g/mol. The molecule has 23 heavy (non-hydrogen) atoms. The third-order valence-corrected chi connectivity index (χ3v) is 3.05. The number of amides is 1. The number of phenolic OH excluding ortho intramolecular Hbond substituents is 1. The summed E-state index contributed by atoms with van der Waals surface area (Å²) in [5.41, 5.74) is 2.60. The van der Waals surface area contributed by atoms with E-state index in [0.717, 1.165) is 12.1 Å². The van der Waals surface area contributed by atoms with Crippen molar-refractivity contribution in [2.24, 2.45) is 5.84 Å². The Morgan fingerprint density at radius 2 is 2.00 bits per heavy atom. The zero-order valence-electron chi connectivity index (χ0n) is 11.7. The molecule has 1 amide bonds. The van der Waals surface area contributed by atoms with E-state index >= 15 is 0 Å². The van der Waals surface area contributed by atoms with E-state index in [1.165, 1.54) is 6.07 Å². The van der Waals surface area contributed by atoms with Crippen LogP contribution >= 0.6 is 7.82 Å². The van der Waals surface area contributed by atoms with E-state index in [0.29, 0.717) is 5.56 Å². The summed E-state index contributed by atoms with van der Waals surface area (Å²) >= 11 is 0. The number of benzene rings is 1. The molecule has 11 nitrogen and oxygen atoms in total. The van der Waals surface area contributed by atoms with E-state index in [1.807, 2.05) is 0 Å². The van der Waals surface area contributed by atoms with Gasteiger partial charge in [0.25, 0.3) is 0 Å². The van der Waals surface area contributed by atoms with Crippen molar-refractivity contribution >= 4 is 19.7 Å². The van der Waals surface area contributed by atoms with Gasteiger partial charge in [0.05, 0.1) is 0 Å². The summed E-state index contributed by atoms with van der Waals surface area (Å²) < 4.78 is 15.0. The second-order valence-electron chi connectivity index (χ2n) is 4.42. The third kappa shape index (κ3) is 6.63. The molecule has 0 aromatic heterocycles. The van der Waals surface area contributed by atoms with E-state index in [4.69, 9.17) is 20.7 Å². The smallest absolute Gasteiger partial charge is 0.504 e. The minimum absolute atomic E-state index is 0.00823. The first-order valence-electron chi connectivity index (χ1n) is 6.15. The van der Waals surface area contributed by atoms with Crippen molar-refractivity contribution in [2.45, 2.75) is 12.5 Å². The summed E-state index contributed by atoms with van der Waals surface area (Å²) in [6, 6.07) is 2.65. The molecule has 0 saturated carbocycles. The second-order valence-corrected chi connectivity index (χ2v) is 5.58. The summed E-state index contributed by atoms with van der Waals surface area (Å²) in [5, 5.41) is 20.3. The number of carbonyl (C=O) groups excluding carboxylic acids is 1. The molecule has 0 aliphatic heterocycles. The Morgan fingerprint density at radius 1 is 1.35 bits per heavy atom. The van der Waals surface area contributed by atoms with E-state index in [-0.39, 0.29) is 6.42 Å². The van der Waals surface area contributed by atoms with Crippen LogP contribution in [0.3, 0.4) is 0 Å². The van der Waals surface area contributed by atoms with Crippen LogP contribution in [0.25, 0.3) is 0 Å². The molecule has 12 heteroatoms. The number of aromatic hydroxyl groups is 1. The largest absolute Gasteiger partial charge is 0.524 e. The highest BCUT2D eigenvalue weighted by molar-refractivity contribution is 7.46. The van der Waals surface area contributed by atoms with Crippen LogP contribution in [-0.2, 0) is 20.6 Å². The molecule has 1 atom stereocenters. The van der Waals surface area contributed by atoms with Crippen molar-refractivity contribution in [3.8, 4) is 11.5 Å². The standard InChI is InChI=1S/C11H16N3O8P/c12-14-7(11(18)13-5-10(16)17)3-6-1-2-9(8(15)4-6)22-23(19,20)21/h1-2,4,7,14-15H,3,5,12H2,(H,13,18)(H,16,17)(H2,19,20,21). The fourth-order valence-electron chi connectivity index (χ4n) is 1.64. The molecule has 0 bridgehead atoms. The number of nitrogens with one attached hydrogen (secondary N) is 2.